The lowest BCUT2D eigenvalue weighted by atomic mass is 10.1. The molecule has 3 nitrogen and oxygen atoms in total. The van der Waals surface area contributed by atoms with Gasteiger partial charge >= 0.3 is 0 Å². The molecule has 0 atom stereocenters. The third-order valence-corrected chi connectivity index (χ3v) is 3.92. The van der Waals surface area contributed by atoms with Crippen LogP contribution in [0.4, 0.5) is 5.69 Å². The van der Waals surface area contributed by atoms with E-state index in [0.717, 1.165) is 23.4 Å². The number of hydrogen-bond donors (Lipinski definition) is 1. The third kappa shape index (κ3) is 4.23. The van der Waals surface area contributed by atoms with Crippen LogP contribution in [-0.4, -0.2) is 24.9 Å². The minimum absolute atomic E-state index is 0.206. The van der Waals surface area contributed by atoms with Gasteiger partial charge in [-0.2, -0.15) is 0 Å². The van der Waals surface area contributed by atoms with Crippen LogP contribution in [0, 0.1) is 6.92 Å². The molecule has 0 unspecified atom stereocenters. The molecule has 0 bridgehead atoms. The molecule has 0 aliphatic heterocycles. The highest BCUT2D eigenvalue weighted by Crippen LogP contribution is 2.24. The van der Waals surface area contributed by atoms with Gasteiger partial charge in [0.15, 0.2) is 0 Å². The SMILES string of the molecule is Cc1ccc(NC(=O)c2ccc(Cl)c(Cl)c2)c(CN(C)C)c1. The maximum absolute atomic E-state index is 12.4. The summed E-state index contributed by atoms with van der Waals surface area (Å²) in [7, 11) is 3.99. The van der Waals surface area contributed by atoms with Crippen molar-refractivity contribution in [1.29, 1.82) is 0 Å². The van der Waals surface area contributed by atoms with Crippen molar-refractivity contribution in [2.24, 2.45) is 0 Å². The first-order valence-corrected chi connectivity index (χ1v) is 7.63. The number of aryl methyl sites for hydroxylation is 1. The number of benzene rings is 2. The molecule has 0 spiro atoms. The zero-order valence-corrected chi connectivity index (χ0v) is 14.3. The Morgan fingerprint density at radius 1 is 1.09 bits per heavy atom. The van der Waals surface area contributed by atoms with Crippen LogP contribution in [0.2, 0.25) is 10.0 Å². The quantitative estimate of drug-likeness (QED) is 0.883. The number of hydrogen-bond acceptors (Lipinski definition) is 2. The van der Waals surface area contributed by atoms with Gasteiger partial charge in [0.2, 0.25) is 0 Å². The van der Waals surface area contributed by atoms with Crippen molar-refractivity contribution in [3.63, 3.8) is 0 Å². The molecule has 0 radical (unpaired) electrons. The van der Waals surface area contributed by atoms with E-state index in [0.29, 0.717) is 15.6 Å². The fraction of sp³-hybridized carbons (Fsp3) is 0.235. The predicted molar refractivity (Wildman–Crippen MR) is 93.0 cm³/mol. The molecule has 22 heavy (non-hydrogen) atoms. The predicted octanol–water partition coefficient (Wildman–Crippen LogP) is 4.62. The molecule has 0 aromatic heterocycles. The molecule has 2 aromatic rings. The summed E-state index contributed by atoms with van der Waals surface area (Å²) in [6.07, 6.45) is 0. The van der Waals surface area contributed by atoms with E-state index in [9.17, 15) is 4.79 Å². The Morgan fingerprint density at radius 3 is 2.45 bits per heavy atom. The average molecular weight is 337 g/mol. The van der Waals surface area contributed by atoms with Gasteiger partial charge < -0.3 is 10.2 Å². The van der Waals surface area contributed by atoms with Gasteiger partial charge in [-0.3, -0.25) is 4.79 Å². The highest BCUT2D eigenvalue weighted by Gasteiger charge is 2.11. The summed E-state index contributed by atoms with van der Waals surface area (Å²) in [4.78, 5) is 14.4. The van der Waals surface area contributed by atoms with Crippen molar-refractivity contribution in [3.8, 4) is 0 Å². The molecule has 2 rings (SSSR count). The van der Waals surface area contributed by atoms with E-state index >= 15 is 0 Å². The van der Waals surface area contributed by atoms with E-state index in [2.05, 4.69) is 16.3 Å². The lowest BCUT2D eigenvalue weighted by Crippen LogP contribution is -2.17. The first-order chi connectivity index (χ1) is 10.4. The van der Waals surface area contributed by atoms with Crippen LogP contribution >= 0.6 is 23.2 Å². The molecular weight excluding hydrogens is 319 g/mol. The first kappa shape index (κ1) is 16.8. The van der Waals surface area contributed by atoms with Crippen molar-refractivity contribution < 1.29 is 4.79 Å². The van der Waals surface area contributed by atoms with Crippen LogP contribution in [0.3, 0.4) is 0 Å². The van der Waals surface area contributed by atoms with E-state index in [4.69, 9.17) is 23.2 Å². The Bertz CT molecular complexity index is 699. The van der Waals surface area contributed by atoms with Crippen molar-refractivity contribution in [2.75, 3.05) is 19.4 Å². The van der Waals surface area contributed by atoms with Crippen LogP contribution in [0.5, 0.6) is 0 Å². The number of anilines is 1. The second kappa shape index (κ2) is 7.14. The molecule has 0 aliphatic rings. The minimum Gasteiger partial charge on any atom is -0.322 e. The molecule has 1 N–H and O–H groups in total. The fourth-order valence-electron chi connectivity index (χ4n) is 2.15. The Balaban J connectivity index is 2.25. The fourth-order valence-corrected chi connectivity index (χ4v) is 2.45. The van der Waals surface area contributed by atoms with Crippen molar-refractivity contribution in [2.45, 2.75) is 13.5 Å². The number of nitrogens with one attached hydrogen (secondary N) is 1. The molecule has 0 fully saturated rings. The van der Waals surface area contributed by atoms with Crippen molar-refractivity contribution in [1.82, 2.24) is 4.90 Å². The summed E-state index contributed by atoms with van der Waals surface area (Å²) in [5, 5.41) is 3.74. The Kier molecular flexibility index (Phi) is 5.46. The highest BCUT2D eigenvalue weighted by atomic mass is 35.5. The van der Waals surface area contributed by atoms with Gasteiger partial charge in [0, 0.05) is 17.8 Å². The van der Waals surface area contributed by atoms with Gasteiger partial charge in [-0.1, -0.05) is 40.9 Å². The normalized spacial score (nSPS) is 10.8. The van der Waals surface area contributed by atoms with E-state index in [1.807, 2.05) is 33.2 Å². The maximum atomic E-state index is 12.4. The van der Waals surface area contributed by atoms with Gasteiger partial charge in [0.05, 0.1) is 10.0 Å². The lowest BCUT2D eigenvalue weighted by Gasteiger charge is -2.16. The zero-order chi connectivity index (χ0) is 16.3. The number of carbonyl (C=O) groups excluding carboxylic acids is 1. The largest absolute Gasteiger partial charge is 0.322 e. The molecule has 0 saturated heterocycles. The second-order valence-corrected chi connectivity index (χ2v) is 6.30. The summed E-state index contributed by atoms with van der Waals surface area (Å²) < 4.78 is 0. The van der Waals surface area contributed by atoms with Crippen LogP contribution in [-0.2, 0) is 6.54 Å². The van der Waals surface area contributed by atoms with E-state index in [1.54, 1.807) is 18.2 Å². The van der Waals surface area contributed by atoms with Gasteiger partial charge in [-0.05, 0) is 50.8 Å². The van der Waals surface area contributed by atoms with Crippen molar-refractivity contribution >= 4 is 34.8 Å². The molecular formula is C17H18Cl2N2O. The van der Waals surface area contributed by atoms with E-state index in [1.165, 1.54) is 0 Å². The lowest BCUT2D eigenvalue weighted by molar-refractivity contribution is 0.102. The summed E-state index contributed by atoms with van der Waals surface area (Å²) in [5.74, 6) is -0.206. The molecule has 0 saturated carbocycles. The van der Waals surface area contributed by atoms with Gasteiger partial charge in [-0.25, -0.2) is 0 Å². The Morgan fingerprint density at radius 2 is 1.82 bits per heavy atom. The number of carbonyl (C=O) groups is 1. The molecule has 116 valence electrons. The zero-order valence-electron chi connectivity index (χ0n) is 12.8. The number of rotatable bonds is 4. The van der Waals surface area contributed by atoms with Gasteiger partial charge in [-0.15, -0.1) is 0 Å². The number of amides is 1. The number of nitrogens with zero attached hydrogens (tertiary/aromatic N) is 1. The second-order valence-electron chi connectivity index (χ2n) is 5.48. The van der Waals surface area contributed by atoms with Gasteiger partial charge in [0.25, 0.3) is 5.91 Å². The number of halogens is 2. The monoisotopic (exact) mass is 336 g/mol. The first-order valence-electron chi connectivity index (χ1n) is 6.87. The Hall–Kier alpha value is -1.55. The van der Waals surface area contributed by atoms with E-state index in [-0.39, 0.29) is 5.91 Å². The van der Waals surface area contributed by atoms with E-state index < -0.39 is 0 Å². The smallest absolute Gasteiger partial charge is 0.255 e. The molecule has 5 heteroatoms. The highest BCUT2D eigenvalue weighted by molar-refractivity contribution is 6.42. The average Bonchev–Trinajstić information content (AvgIpc) is 2.44. The summed E-state index contributed by atoms with van der Waals surface area (Å²) in [6, 6.07) is 10.8. The maximum Gasteiger partial charge on any atom is 0.255 e. The molecule has 0 aliphatic carbocycles. The van der Waals surface area contributed by atoms with Crippen LogP contribution in [0.15, 0.2) is 36.4 Å². The Labute approximate surface area is 140 Å². The van der Waals surface area contributed by atoms with Crippen LogP contribution < -0.4 is 5.32 Å². The summed E-state index contributed by atoms with van der Waals surface area (Å²) >= 11 is 11.8. The minimum atomic E-state index is -0.206. The molecule has 0 heterocycles. The molecule has 2 aromatic carbocycles. The van der Waals surface area contributed by atoms with Crippen LogP contribution in [0.1, 0.15) is 21.5 Å². The summed E-state index contributed by atoms with van der Waals surface area (Å²) in [5.41, 5.74) is 3.50. The molecule has 1 amide bonds. The topological polar surface area (TPSA) is 32.3 Å². The third-order valence-electron chi connectivity index (χ3n) is 3.18. The van der Waals surface area contributed by atoms with Crippen molar-refractivity contribution in [3.05, 3.63) is 63.1 Å². The standard InChI is InChI=1S/C17H18Cl2N2O/c1-11-4-7-16(13(8-11)10-21(2)3)20-17(22)12-5-6-14(18)15(19)9-12/h4-9H,10H2,1-3H3,(H,20,22). The summed E-state index contributed by atoms with van der Waals surface area (Å²) in [6.45, 7) is 2.78. The van der Waals surface area contributed by atoms with Gasteiger partial charge in [0.1, 0.15) is 0 Å². The van der Waals surface area contributed by atoms with Crippen LogP contribution in [0.25, 0.3) is 0 Å².